The summed E-state index contributed by atoms with van der Waals surface area (Å²) in [6, 6.07) is 5.23. The van der Waals surface area contributed by atoms with Gasteiger partial charge in [0, 0.05) is 10.5 Å². The Morgan fingerprint density at radius 3 is 2.88 bits per heavy atom. The maximum Gasteiger partial charge on any atom is 0.308 e. The van der Waals surface area contributed by atoms with Gasteiger partial charge in [0.05, 0.1) is 5.69 Å². The van der Waals surface area contributed by atoms with Crippen molar-refractivity contribution in [3.8, 4) is 11.4 Å². The van der Waals surface area contributed by atoms with Crippen LogP contribution < -0.4 is 4.74 Å². The van der Waals surface area contributed by atoms with Gasteiger partial charge in [0.2, 0.25) is 0 Å². The Morgan fingerprint density at radius 1 is 1.50 bits per heavy atom. The highest BCUT2D eigenvalue weighted by Crippen LogP contribution is 2.22. The molecule has 0 atom stereocenters. The summed E-state index contributed by atoms with van der Waals surface area (Å²) in [5.74, 6) is 0.166. The average Bonchev–Trinajstić information content (AvgIpc) is 2.69. The summed E-state index contributed by atoms with van der Waals surface area (Å²) in [7, 11) is 0. The van der Waals surface area contributed by atoms with E-state index in [0.717, 1.165) is 9.26 Å². The standard InChI is InChI=1S/C9H7IN4O2/c1-6(15)16-7-2-3-9(8(10)4-7)14-5-11-12-13-14/h2-5H,1H3. The number of carbonyl (C=O) groups excluding carboxylic acids is 1. The molecule has 0 aliphatic carbocycles. The predicted octanol–water partition coefficient (Wildman–Crippen LogP) is 1.19. The molecule has 0 saturated carbocycles. The Bertz CT molecular complexity index is 512. The fraction of sp³-hybridized carbons (Fsp3) is 0.111. The third-order valence-electron chi connectivity index (χ3n) is 1.78. The summed E-state index contributed by atoms with van der Waals surface area (Å²) in [5.41, 5.74) is 0.835. The van der Waals surface area contributed by atoms with Gasteiger partial charge in [-0.15, -0.1) is 5.10 Å². The lowest BCUT2D eigenvalue weighted by Gasteiger charge is -2.05. The number of rotatable bonds is 2. The van der Waals surface area contributed by atoms with E-state index in [4.69, 9.17) is 4.74 Å². The molecule has 1 heterocycles. The molecule has 0 unspecified atom stereocenters. The third kappa shape index (κ3) is 2.35. The predicted molar refractivity (Wildman–Crippen MR) is 63.2 cm³/mol. The van der Waals surface area contributed by atoms with Crippen molar-refractivity contribution in [1.82, 2.24) is 20.2 Å². The molecule has 16 heavy (non-hydrogen) atoms. The van der Waals surface area contributed by atoms with Crippen LogP contribution in [0.2, 0.25) is 0 Å². The number of ether oxygens (including phenoxy) is 1. The first-order chi connectivity index (χ1) is 7.66. The minimum Gasteiger partial charge on any atom is -0.427 e. The highest BCUT2D eigenvalue weighted by molar-refractivity contribution is 14.1. The van der Waals surface area contributed by atoms with Crippen LogP contribution in [0.1, 0.15) is 6.92 Å². The Hall–Kier alpha value is -1.51. The number of esters is 1. The monoisotopic (exact) mass is 330 g/mol. The van der Waals surface area contributed by atoms with Crippen LogP contribution in [0.25, 0.3) is 5.69 Å². The molecule has 0 spiro atoms. The Labute approximate surface area is 105 Å². The molecule has 0 fully saturated rings. The van der Waals surface area contributed by atoms with Gasteiger partial charge in [-0.3, -0.25) is 4.79 Å². The van der Waals surface area contributed by atoms with E-state index in [1.54, 1.807) is 22.9 Å². The maximum absolute atomic E-state index is 10.8. The molecular formula is C9H7IN4O2. The number of benzene rings is 1. The van der Waals surface area contributed by atoms with Crippen LogP contribution in [0.4, 0.5) is 0 Å². The first-order valence-electron chi connectivity index (χ1n) is 4.38. The molecule has 82 valence electrons. The molecule has 0 bridgehead atoms. The summed E-state index contributed by atoms with van der Waals surface area (Å²) >= 11 is 2.13. The zero-order valence-electron chi connectivity index (χ0n) is 8.29. The molecule has 0 aliphatic heterocycles. The molecule has 7 heteroatoms. The van der Waals surface area contributed by atoms with Gasteiger partial charge in [0.25, 0.3) is 0 Å². The highest BCUT2D eigenvalue weighted by atomic mass is 127. The molecule has 0 aliphatic rings. The van der Waals surface area contributed by atoms with Crippen molar-refractivity contribution in [3.05, 3.63) is 28.1 Å². The number of carbonyl (C=O) groups is 1. The van der Waals surface area contributed by atoms with E-state index in [-0.39, 0.29) is 5.97 Å². The summed E-state index contributed by atoms with van der Waals surface area (Å²) in [6.45, 7) is 1.36. The van der Waals surface area contributed by atoms with E-state index in [0.29, 0.717) is 5.75 Å². The van der Waals surface area contributed by atoms with E-state index < -0.39 is 0 Å². The van der Waals surface area contributed by atoms with Gasteiger partial charge < -0.3 is 4.74 Å². The van der Waals surface area contributed by atoms with Gasteiger partial charge >= 0.3 is 5.97 Å². The second-order valence-corrected chi connectivity index (χ2v) is 4.12. The molecule has 0 saturated heterocycles. The van der Waals surface area contributed by atoms with Crippen LogP contribution in [0.3, 0.4) is 0 Å². The maximum atomic E-state index is 10.8. The first kappa shape index (κ1) is 11.0. The van der Waals surface area contributed by atoms with E-state index in [1.807, 2.05) is 0 Å². The molecular weight excluding hydrogens is 323 g/mol. The van der Waals surface area contributed by atoms with Crippen molar-refractivity contribution in [1.29, 1.82) is 0 Å². The Kier molecular flexibility index (Phi) is 3.13. The molecule has 1 aromatic carbocycles. The van der Waals surface area contributed by atoms with Gasteiger partial charge in [0.15, 0.2) is 0 Å². The Morgan fingerprint density at radius 2 is 2.31 bits per heavy atom. The van der Waals surface area contributed by atoms with Crippen molar-refractivity contribution in [2.24, 2.45) is 0 Å². The lowest BCUT2D eigenvalue weighted by atomic mass is 10.3. The fourth-order valence-corrected chi connectivity index (χ4v) is 1.91. The summed E-state index contributed by atoms with van der Waals surface area (Å²) < 4.78 is 7.40. The SMILES string of the molecule is CC(=O)Oc1ccc(-n2cnnn2)c(I)c1. The number of halogens is 1. The van der Waals surface area contributed by atoms with Gasteiger partial charge in [0.1, 0.15) is 12.1 Å². The Balaban J connectivity index is 2.34. The van der Waals surface area contributed by atoms with Crippen LogP contribution in [0, 0.1) is 3.57 Å². The van der Waals surface area contributed by atoms with E-state index >= 15 is 0 Å². The summed E-state index contributed by atoms with van der Waals surface area (Å²) in [6.07, 6.45) is 1.50. The second-order valence-electron chi connectivity index (χ2n) is 2.96. The quantitative estimate of drug-likeness (QED) is 0.470. The van der Waals surface area contributed by atoms with E-state index in [2.05, 4.69) is 38.1 Å². The van der Waals surface area contributed by atoms with Crippen molar-refractivity contribution < 1.29 is 9.53 Å². The van der Waals surface area contributed by atoms with E-state index in [1.165, 1.54) is 13.3 Å². The smallest absolute Gasteiger partial charge is 0.308 e. The van der Waals surface area contributed by atoms with E-state index in [9.17, 15) is 4.79 Å². The summed E-state index contributed by atoms with van der Waals surface area (Å²) in [4.78, 5) is 10.8. The zero-order valence-corrected chi connectivity index (χ0v) is 10.5. The molecule has 0 radical (unpaired) electrons. The van der Waals surface area contributed by atoms with Crippen LogP contribution in [0.15, 0.2) is 24.5 Å². The largest absolute Gasteiger partial charge is 0.427 e. The zero-order chi connectivity index (χ0) is 11.5. The van der Waals surface area contributed by atoms with Crippen molar-refractivity contribution in [2.75, 3.05) is 0 Å². The number of tetrazole rings is 1. The van der Waals surface area contributed by atoms with Crippen molar-refractivity contribution >= 4 is 28.6 Å². The third-order valence-corrected chi connectivity index (χ3v) is 2.64. The minimum atomic E-state index is -0.342. The van der Waals surface area contributed by atoms with Crippen LogP contribution >= 0.6 is 22.6 Å². The van der Waals surface area contributed by atoms with Gasteiger partial charge in [-0.2, -0.15) is 4.68 Å². The molecule has 2 aromatic rings. The first-order valence-corrected chi connectivity index (χ1v) is 5.46. The van der Waals surface area contributed by atoms with Gasteiger partial charge in [-0.25, -0.2) is 0 Å². The molecule has 2 rings (SSSR count). The number of hydrogen-bond acceptors (Lipinski definition) is 5. The van der Waals surface area contributed by atoms with Crippen LogP contribution in [-0.4, -0.2) is 26.2 Å². The average molecular weight is 330 g/mol. The topological polar surface area (TPSA) is 69.9 Å². The normalized spacial score (nSPS) is 10.1. The molecule has 1 aromatic heterocycles. The molecule has 0 amide bonds. The molecule has 6 nitrogen and oxygen atoms in total. The van der Waals surface area contributed by atoms with Crippen molar-refractivity contribution in [3.63, 3.8) is 0 Å². The summed E-state index contributed by atoms with van der Waals surface area (Å²) in [5, 5.41) is 10.9. The molecule has 0 N–H and O–H groups in total. The lowest BCUT2D eigenvalue weighted by Crippen LogP contribution is -2.03. The fourth-order valence-electron chi connectivity index (χ4n) is 1.17. The number of hydrogen-bond donors (Lipinski definition) is 0. The minimum absolute atomic E-state index is 0.342. The lowest BCUT2D eigenvalue weighted by molar-refractivity contribution is -0.131. The van der Waals surface area contributed by atoms with Crippen molar-refractivity contribution in [2.45, 2.75) is 6.92 Å². The second kappa shape index (κ2) is 4.56. The highest BCUT2D eigenvalue weighted by Gasteiger charge is 2.06. The van der Waals surface area contributed by atoms with Crippen LogP contribution in [-0.2, 0) is 4.79 Å². The van der Waals surface area contributed by atoms with Gasteiger partial charge in [-0.1, -0.05) is 0 Å². The van der Waals surface area contributed by atoms with Gasteiger partial charge in [-0.05, 0) is 51.2 Å². The number of aromatic nitrogens is 4. The van der Waals surface area contributed by atoms with Crippen LogP contribution in [0.5, 0.6) is 5.75 Å². The number of nitrogens with zero attached hydrogens (tertiary/aromatic N) is 4.